The Labute approximate surface area is 183 Å². The smallest absolute Gasteiger partial charge is 0.305 e. The first kappa shape index (κ1) is 22.6. The minimum absolute atomic E-state index is 0.248. The number of carbonyl (C=O) groups excluding carboxylic acids is 1. The van der Waals surface area contributed by atoms with Gasteiger partial charge in [0.2, 0.25) is 0 Å². The Balaban J connectivity index is 1.94. The van der Waals surface area contributed by atoms with Gasteiger partial charge in [0.25, 0.3) is 0 Å². The highest BCUT2D eigenvalue weighted by Gasteiger charge is 2.28. The van der Waals surface area contributed by atoms with Gasteiger partial charge in [0, 0.05) is 12.0 Å². The van der Waals surface area contributed by atoms with Crippen molar-refractivity contribution in [2.24, 2.45) is 0 Å². The van der Waals surface area contributed by atoms with Crippen LogP contribution < -0.4 is 4.74 Å². The maximum atomic E-state index is 11.6. The van der Waals surface area contributed by atoms with Gasteiger partial charge in [-0.25, -0.2) is 4.68 Å². The lowest BCUT2D eigenvalue weighted by molar-refractivity contribution is -0.143. The van der Waals surface area contributed by atoms with Crippen molar-refractivity contribution >= 4 is 5.97 Å². The number of methoxy groups -OCH3 is 1. The van der Waals surface area contributed by atoms with Gasteiger partial charge in [0.15, 0.2) is 0 Å². The molecule has 0 aliphatic carbocycles. The molecule has 0 aliphatic heterocycles. The van der Waals surface area contributed by atoms with Gasteiger partial charge in [-0.05, 0) is 63.9 Å². The van der Waals surface area contributed by atoms with Crippen molar-refractivity contribution in [3.8, 4) is 22.7 Å². The zero-order chi connectivity index (χ0) is 22.4. The quantitative estimate of drug-likeness (QED) is 0.502. The fraction of sp³-hybridized carbons (Fsp3) is 0.360. The lowest BCUT2D eigenvalue weighted by Crippen LogP contribution is -2.22. The van der Waals surface area contributed by atoms with E-state index in [0.717, 1.165) is 22.7 Å². The van der Waals surface area contributed by atoms with Crippen molar-refractivity contribution in [2.45, 2.75) is 45.6 Å². The number of esters is 1. The van der Waals surface area contributed by atoms with Crippen LogP contribution >= 0.6 is 0 Å². The molecule has 3 rings (SSSR count). The van der Waals surface area contributed by atoms with E-state index < -0.39 is 5.60 Å². The summed E-state index contributed by atoms with van der Waals surface area (Å²) in [7, 11) is 1.63. The molecular formula is C25H30N2O4. The molecule has 0 bridgehead atoms. The van der Waals surface area contributed by atoms with E-state index in [2.05, 4.69) is 12.1 Å². The van der Waals surface area contributed by atoms with E-state index in [4.69, 9.17) is 14.6 Å². The molecule has 1 N–H and O–H groups in total. The van der Waals surface area contributed by atoms with Crippen LogP contribution in [0.4, 0.5) is 0 Å². The summed E-state index contributed by atoms with van der Waals surface area (Å²) in [5.74, 6) is 0.515. The molecule has 6 nitrogen and oxygen atoms in total. The molecule has 1 heterocycles. The maximum absolute atomic E-state index is 11.6. The van der Waals surface area contributed by atoms with E-state index in [-0.39, 0.29) is 12.4 Å². The fourth-order valence-electron chi connectivity index (χ4n) is 3.43. The number of aryl methyl sites for hydroxylation is 1. The summed E-state index contributed by atoms with van der Waals surface area (Å²) >= 11 is 0. The lowest BCUT2D eigenvalue weighted by Gasteiger charge is -2.20. The summed E-state index contributed by atoms with van der Waals surface area (Å²) in [6, 6.07) is 17.7. The van der Waals surface area contributed by atoms with Gasteiger partial charge in [0.1, 0.15) is 11.4 Å². The van der Waals surface area contributed by atoms with Crippen LogP contribution in [0.15, 0.2) is 54.6 Å². The van der Waals surface area contributed by atoms with Crippen LogP contribution in [0.3, 0.4) is 0 Å². The molecule has 3 aromatic rings. The molecule has 0 aliphatic rings. The van der Waals surface area contributed by atoms with Gasteiger partial charge in [-0.1, -0.05) is 29.8 Å². The van der Waals surface area contributed by atoms with Crippen LogP contribution in [0.2, 0.25) is 0 Å². The Hall–Kier alpha value is -3.12. The number of ether oxygens (including phenoxy) is 2. The second-order valence-corrected chi connectivity index (χ2v) is 7.82. The highest BCUT2D eigenvalue weighted by molar-refractivity contribution is 5.69. The zero-order valence-electron chi connectivity index (χ0n) is 18.6. The number of hydrogen-bond acceptors (Lipinski definition) is 5. The van der Waals surface area contributed by atoms with Crippen LogP contribution in [-0.4, -0.2) is 34.6 Å². The number of nitrogens with zero attached hydrogens (tertiary/aromatic N) is 2. The highest BCUT2D eigenvalue weighted by atomic mass is 16.5. The standard InChI is InChI=1S/C25H30N2O4/c1-5-31-24(28)7-6-16-25(3,29)23-17-22(19-10-8-18(2)9-11-19)27(26-23)20-12-14-21(30-4)15-13-20/h8-15,17,29H,5-7,16H2,1-4H3. The van der Waals surface area contributed by atoms with Crippen LogP contribution in [0.25, 0.3) is 16.9 Å². The number of benzene rings is 2. The van der Waals surface area contributed by atoms with Gasteiger partial charge in [-0.2, -0.15) is 5.10 Å². The molecule has 1 atom stereocenters. The zero-order valence-corrected chi connectivity index (χ0v) is 18.6. The van der Waals surface area contributed by atoms with Crippen molar-refractivity contribution < 1.29 is 19.4 Å². The van der Waals surface area contributed by atoms with E-state index in [1.54, 1.807) is 21.0 Å². The molecule has 31 heavy (non-hydrogen) atoms. The number of aromatic nitrogens is 2. The summed E-state index contributed by atoms with van der Waals surface area (Å²) < 4.78 is 12.1. The topological polar surface area (TPSA) is 73.6 Å². The SMILES string of the molecule is CCOC(=O)CCCC(C)(O)c1cc(-c2ccc(C)cc2)n(-c2ccc(OC)cc2)n1. The molecule has 0 amide bonds. The Bertz CT molecular complexity index is 1010. The lowest BCUT2D eigenvalue weighted by atomic mass is 9.94. The summed E-state index contributed by atoms with van der Waals surface area (Å²) in [4.78, 5) is 11.6. The Kier molecular flexibility index (Phi) is 7.13. The molecule has 0 fully saturated rings. The Morgan fingerprint density at radius 2 is 1.81 bits per heavy atom. The van der Waals surface area contributed by atoms with Crippen LogP contribution in [-0.2, 0) is 15.1 Å². The second kappa shape index (κ2) is 9.79. The van der Waals surface area contributed by atoms with Crippen LogP contribution in [0.1, 0.15) is 44.4 Å². The molecule has 1 aromatic heterocycles. The summed E-state index contributed by atoms with van der Waals surface area (Å²) in [6.45, 7) is 5.93. The van der Waals surface area contributed by atoms with E-state index in [0.29, 0.717) is 25.1 Å². The average molecular weight is 423 g/mol. The minimum atomic E-state index is -1.18. The first-order valence-electron chi connectivity index (χ1n) is 10.5. The highest BCUT2D eigenvalue weighted by Crippen LogP contribution is 2.32. The third kappa shape index (κ3) is 5.52. The first-order chi connectivity index (χ1) is 14.8. The average Bonchev–Trinajstić information content (AvgIpc) is 3.21. The molecule has 1 unspecified atom stereocenters. The summed E-state index contributed by atoms with van der Waals surface area (Å²) in [6.07, 6.45) is 1.19. The molecular weight excluding hydrogens is 392 g/mol. The Morgan fingerprint density at radius 1 is 1.13 bits per heavy atom. The van der Waals surface area contributed by atoms with Crippen molar-refractivity contribution in [1.29, 1.82) is 0 Å². The molecule has 0 saturated carbocycles. The van der Waals surface area contributed by atoms with E-state index in [1.165, 1.54) is 5.56 Å². The Morgan fingerprint density at radius 3 is 2.42 bits per heavy atom. The number of carbonyl (C=O) groups is 1. The molecule has 2 aromatic carbocycles. The van der Waals surface area contributed by atoms with Gasteiger partial charge < -0.3 is 14.6 Å². The van der Waals surface area contributed by atoms with Gasteiger partial charge in [-0.3, -0.25) is 4.79 Å². The number of hydrogen-bond donors (Lipinski definition) is 1. The third-order valence-electron chi connectivity index (χ3n) is 5.28. The van der Waals surface area contributed by atoms with Gasteiger partial charge in [-0.15, -0.1) is 0 Å². The molecule has 6 heteroatoms. The molecule has 0 radical (unpaired) electrons. The van der Waals surface area contributed by atoms with Crippen LogP contribution in [0, 0.1) is 6.92 Å². The number of rotatable bonds is 9. The molecule has 164 valence electrons. The predicted molar refractivity (Wildman–Crippen MR) is 120 cm³/mol. The first-order valence-corrected chi connectivity index (χ1v) is 10.5. The molecule has 0 saturated heterocycles. The van der Waals surface area contributed by atoms with E-state index >= 15 is 0 Å². The fourth-order valence-corrected chi connectivity index (χ4v) is 3.43. The van der Waals surface area contributed by atoms with Crippen molar-refractivity contribution in [1.82, 2.24) is 9.78 Å². The van der Waals surface area contributed by atoms with E-state index in [9.17, 15) is 9.90 Å². The van der Waals surface area contributed by atoms with Crippen molar-refractivity contribution in [2.75, 3.05) is 13.7 Å². The second-order valence-electron chi connectivity index (χ2n) is 7.82. The predicted octanol–water partition coefficient (Wildman–Crippen LogP) is 4.80. The molecule has 0 spiro atoms. The number of aliphatic hydroxyl groups is 1. The third-order valence-corrected chi connectivity index (χ3v) is 5.28. The summed E-state index contributed by atoms with van der Waals surface area (Å²) in [5.41, 5.74) is 3.30. The van der Waals surface area contributed by atoms with Crippen LogP contribution in [0.5, 0.6) is 5.75 Å². The van der Waals surface area contributed by atoms with E-state index in [1.807, 2.05) is 54.1 Å². The largest absolute Gasteiger partial charge is 0.497 e. The summed E-state index contributed by atoms with van der Waals surface area (Å²) in [5, 5.41) is 15.9. The van der Waals surface area contributed by atoms with Crippen molar-refractivity contribution in [3.63, 3.8) is 0 Å². The minimum Gasteiger partial charge on any atom is -0.497 e. The maximum Gasteiger partial charge on any atom is 0.305 e. The van der Waals surface area contributed by atoms with Gasteiger partial charge in [0.05, 0.1) is 30.8 Å². The normalized spacial score (nSPS) is 12.9. The van der Waals surface area contributed by atoms with Gasteiger partial charge >= 0.3 is 5.97 Å². The van der Waals surface area contributed by atoms with Crippen molar-refractivity contribution in [3.05, 3.63) is 65.9 Å². The monoisotopic (exact) mass is 422 g/mol.